The lowest BCUT2D eigenvalue weighted by atomic mass is 10.1. The average Bonchev–Trinajstić information content (AvgIpc) is 2.26. The molecule has 1 rings (SSSR count). The highest BCUT2D eigenvalue weighted by atomic mass is 19.4. The Balaban J connectivity index is 3.10. The van der Waals surface area contributed by atoms with Crippen molar-refractivity contribution in [2.24, 2.45) is 0 Å². The topological polar surface area (TPSA) is 27.0 Å². The van der Waals surface area contributed by atoms with Gasteiger partial charge in [-0.2, -0.15) is 18.4 Å². The first-order valence-corrected chi connectivity index (χ1v) is 5.38. The molecule has 2 nitrogen and oxygen atoms in total. The van der Waals surface area contributed by atoms with Gasteiger partial charge in [0.2, 0.25) is 0 Å². The summed E-state index contributed by atoms with van der Waals surface area (Å²) in [5, 5.41) is 8.83. The summed E-state index contributed by atoms with van der Waals surface area (Å²) in [5.74, 6) is -0.640. The Labute approximate surface area is 102 Å². The highest BCUT2D eigenvalue weighted by Crippen LogP contribution is 2.25. The average molecular weight is 260 g/mol. The summed E-state index contributed by atoms with van der Waals surface area (Å²) in [6.07, 6.45) is -3.87. The summed E-state index contributed by atoms with van der Waals surface area (Å²) in [5.41, 5.74) is 0.0192. The molecular formula is C12H12F4N2. The Morgan fingerprint density at radius 1 is 1.33 bits per heavy atom. The monoisotopic (exact) mass is 260 g/mol. The van der Waals surface area contributed by atoms with Crippen LogP contribution in [0.15, 0.2) is 18.2 Å². The minimum Gasteiger partial charge on any atom is -0.362 e. The Morgan fingerprint density at radius 3 is 2.50 bits per heavy atom. The van der Waals surface area contributed by atoms with Crippen molar-refractivity contribution in [1.82, 2.24) is 0 Å². The Kier molecular flexibility index (Phi) is 4.54. The maximum atomic E-state index is 12.9. The van der Waals surface area contributed by atoms with E-state index in [4.69, 9.17) is 5.26 Å². The van der Waals surface area contributed by atoms with Crippen LogP contribution in [0.5, 0.6) is 0 Å². The van der Waals surface area contributed by atoms with Gasteiger partial charge in [-0.05, 0) is 24.6 Å². The molecule has 0 fully saturated rings. The quantitative estimate of drug-likeness (QED) is 0.775. The predicted octanol–water partition coefficient (Wildman–Crippen LogP) is 3.48. The lowest BCUT2D eigenvalue weighted by Gasteiger charge is -2.26. The third-order valence-corrected chi connectivity index (χ3v) is 2.28. The van der Waals surface area contributed by atoms with Crippen molar-refractivity contribution >= 4 is 5.69 Å². The normalized spacial score (nSPS) is 11.1. The minimum atomic E-state index is -4.36. The van der Waals surface area contributed by atoms with Crippen LogP contribution in [0.3, 0.4) is 0 Å². The molecule has 0 unspecified atom stereocenters. The molecule has 0 spiro atoms. The van der Waals surface area contributed by atoms with Crippen molar-refractivity contribution in [2.75, 3.05) is 18.0 Å². The van der Waals surface area contributed by atoms with Gasteiger partial charge in [0.15, 0.2) is 0 Å². The number of anilines is 1. The Hall–Kier alpha value is -1.77. The summed E-state index contributed by atoms with van der Waals surface area (Å²) in [4.78, 5) is 1.04. The Morgan fingerprint density at radius 2 is 2.00 bits per heavy atom. The first-order valence-electron chi connectivity index (χ1n) is 5.38. The number of nitriles is 1. The number of alkyl halides is 3. The zero-order valence-corrected chi connectivity index (χ0v) is 9.76. The second-order valence-corrected chi connectivity index (χ2v) is 3.81. The van der Waals surface area contributed by atoms with Crippen molar-refractivity contribution in [3.63, 3.8) is 0 Å². The maximum absolute atomic E-state index is 12.9. The predicted molar refractivity (Wildman–Crippen MR) is 59.7 cm³/mol. The SMILES string of the molecule is CCCN(CC(F)(F)F)c1ccc(F)cc1C#N. The van der Waals surface area contributed by atoms with E-state index in [9.17, 15) is 17.6 Å². The largest absolute Gasteiger partial charge is 0.405 e. The molecule has 0 aliphatic heterocycles. The van der Waals surface area contributed by atoms with Crippen LogP contribution in [0.4, 0.5) is 23.2 Å². The number of halogens is 4. The first kappa shape index (κ1) is 14.3. The number of benzene rings is 1. The van der Waals surface area contributed by atoms with Crippen molar-refractivity contribution < 1.29 is 17.6 Å². The van der Waals surface area contributed by atoms with Crippen LogP contribution in [0, 0.1) is 17.1 Å². The van der Waals surface area contributed by atoms with Gasteiger partial charge >= 0.3 is 6.18 Å². The Bertz CT molecular complexity index is 448. The van der Waals surface area contributed by atoms with Crippen LogP contribution in [-0.4, -0.2) is 19.3 Å². The first-order chi connectivity index (χ1) is 8.37. The van der Waals surface area contributed by atoms with E-state index in [1.54, 1.807) is 13.0 Å². The molecule has 98 valence electrons. The number of hydrogen-bond acceptors (Lipinski definition) is 2. The van der Waals surface area contributed by atoms with Gasteiger partial charge in [-0.15, -0.1) is 0 Å². The lowest BCUT2D eigenvalue weighted by molar-refractivity contribution is -0.119. The number of rotatable bonds is 4. The van der Waals surface area contributed by atoms with Crippen molar-refractivity contribution in [3.8, 4) is 6.07 Å². The third kappa shape index (κ3) is 3.91. The highest BCUT2D eigenvalue weighted by molar-refractivity contribution is 5.59. The smallest absolute Gasteiger partial charge is 0.362 e. The molecular weight excluding hydrogens is 248 g/mol. The molecule has 0 atom stereocenters. The van der Waals surface area contributed by atoms with Gasteiger partial charge < -0.3 is 4.90 Å². The molecule has 1 aromatic carbocycles. The molecule has 1 aromatic rings. The fourth-order valence-corrected chi connectivity index (χ4v) is 1.64. The fourth-order valence-electron chi connectivity index (χ4n) is 1.64. The fraction of sp³-hybridized carbons (Fsp3) is 0.417. The van der Waals surface area contributed by atoms with E-state index in [0.29, 0.717) is 6.42 Å². The van der Waals surface area contributed by atoms with Gasteiger partial charge in [0.1, 0.15) is 18.4 Å². The molecule has 0 aromatic heterocycles. The van der Waals surface area contributed by atoms with Crippen LogP contribution in [0.25, 0.3) is 0 Å². The second-order valence-electron chi connectivity index (χ2n) is 3.81. The molecule has 0 amide bonds. The summed E-state index contributed by atoms with van der Waals surface area (Å²) in [7, 11) is 0. The molecule has 0 saturated carbocycles. The van der Waals surface area contributed by atoms with Crippen LogP contribution in [0.2, 0.25) is 0 Å². The second kappa shape index (κ2) is 5.71. The maximum Gasteiger partial charge on any atom is 0.405 e. The minimum absolute atomic E-state index is 0.0901. The standard InChI is InChI=1S/C12H12F4N2/c1-2-5-18(8-12(14,15)16)11-4-3-10(13)6-9(11)7-17/h3-4,6H,2,5,8H2,1H3. The van der Waals surface area contributed by atoms with Crippen LogP contribution >= 0.6 is 0 Å². The van der Waals surface area contributed by atoms with E-state index in [2.05, 4.69) is 0 Å². The molecule has 0 N–H and O–H groups in total. The summed E-state index contributed by atoms with van der Waals surface area (Å²) >= 11 is 0. The molecule has 0 aliphatic rings. The van der Waals surface area contributed by atoms with E-state index in [-0.39, 0.29) is 17.8 Å². The third-order valence-electron chi connectivity index (χ3n) is 2.28. The zero-order chi connectivity index (χ0) is 13.8. The van der Waals surface area contributed by atoms with Gasteiger partial charge in [0.25, 0.3) is 0 Å². The highest BCUT2D eigenvalue weighted by Gasteiger charge is 2.31. The summed E-state index contributed by atoms with van der Waals surface area (Å²) in [6, 6.07) is 4.91. The number of nitrogens with zero attached hydrogens (tertiary/aromatic N) is 2. The van der Waals surface area contributed by atoms with E-state index < -0.39 is 18.5 Å². The van der Waals surface area contributed by atoms with Gasteiger partial charge in [-0.3, -0.25) is 0 Å². The van der Waals surface area contributed by atoms with Crippen molar-refractivity contribution in [2.45, 2.75) is 19.5 Å². The van der Waals surface area contributed by atoms with Gasteiger partial charge in [0, 0.05) is 6.54 Å². The summed E-state index contributed by atoms with van der Waals surface area (Å²) < 4.78 is 50.2. The van der Waals surface area contributed by atoms with Crippen LogP contribution in [0.1, 0.15) is 18.9 Å². The molecule has 0 bridgehead atoms. The molecule has 18 heavy (non-hydrogen) atoms. The molecule has 0 saturated heterocycles. The van der Waals surface area contributed by atoms with E-state index in [0.717, 1.165) is 17.0 Å². The molecule has 6 heteroatoms. The van der Waals surface area contributed by atoms with Crippen molar-refractivity contribution in [3.05, 3.63) is 29.6 Å². The van der Waals surface area contributed by atoms with E-state index >= 15 is 0 Å². The van der Waals surface area contributed by atoms with Gasteiger partial charge in [0.05, 0.1) is 11.3 Å². The van der Waals surface area contributed by atoms with Crippen molar-refractivity contribution in [1.29, 1.82) is 5.26 Å². The van der Waals surface area contributed by atoms with Gasteiger partial charge in [-0.25, -0.2) is 4.39 Å². The van der Waals surface area contributed by atoms with Crippen LogP contribution < -0.4 is 4.90 Å². The molecule has 0 heterocycles. The zero-order valence-electron chi connectivity index (χ0n) is 9.76. The lowest BCUT2D eigenvalue weighted by Crippen LogP contribution is -2.35. The van der Waals surface area contributed by atoms with Gasteiger partial charge in [-0.1, -0.05) is 6.92 Å². The van der Waals surface area contributed by atoms with E-state index in [1.165, 1.54) is 6.07 Å². The number of hydrogen-bond donors (Lipinski definition) is 0. The summed E-state index contributed by atoms with van der Waals surface area (Å²) in [6.45, 7) is 0.736. The van der Waals surface area contributed by atoms with E-state index in [1.807, 2.05) is 0 Å². The molecule has 0 aliphatic carbocycles. The van der Waals surface area contributed by atoms with Crippen LogP contribution in [-0.2, 0) is 0 Å². The molecule has 0 radical (unpaired) electrons.